The first-order valence-corrected chi connectivity index (χ1v) is 11.5. The summed E-state index contributed by atoms with van der Waals surface area (Å²) in [6.45, 7) is 8.03. The van der Waals surface area contributed by atoms with Crippen LogP contribution in [0.2, 0.25) is 0 Å². The van der Waals surface area contributed by atoms with Gasteiger partial charge in [-0.2, -0.15) is 9.57 Å². The predicted molar refractivity (Wildman–Crippen MR) is 116 cm³/mol. The molecule has 1 N–H and O–H groups in total. The number of carbonyl (C=O) groups is 2. The summed E-state index contributed by atoms with van der Waals surface area (Å²) in [5.41, 5.74) is 2.41. The molecular formula is C22H26N4O4S. The average molecular weight is 443 g/mol. The third kappa shape index (κ3) is 4.19. The van der Waals surface area contributed by atoms with E-state index < -0.39 is 16.1 Å². The molecule has 0 spiro atoms. The molecule has 0 aliphatic carbocycles. The van der Waals surface area contributed by atoms with Gasteiger partial charge >= 0.3 is 0 Å². The Hall–Kier alpha value is -2.80. The third-order valence-electron chi connectivity index (χ3n) is 5.86. The minimum Gasteiger partial charge on any atom is -0.355 e. The van der Waals surface area contributed by atoms with Crippen LogP contribution in [0.4, 0.5) is 0 Å². The predicted octanol–water partition coefficient (Wildman–Crippen LogP) is 2.28. The van der Waals surface area contributed by atoms with Gasteiger partial charge in [0, 0.05) is 37.4 Å². The number of ketones is 2. The number of aromatic amines is 1. The number of aromatic nitrogens is 1. The van der Waals surface area contributed by atoms with E-state index in [0.717, 1.165) is 0 Å². The molecule has 2 aromatic rings. The van der Waals surface area contributed by atoms with Crippen LogP contribution in [-0.2, 0) is 10.0 Å². The number of sulfonamides is 1. The molecule has 0 saturated carbocycles. The quantitative estimate of drug-likeness (QED) is 0.687. The van der Waals surface area contributed by atoms with E-state index in [1.807, 2.05) is 11.0 Å². The molecule has 164 valence electrons. The lowest BCUT2D eigenvalue weighted by atomic mass is 10.0. The third-order valence-corrected chi connectivity index (χ3v) is 7.82. The number of hydrogen-bond donors (Lipinski definition) is 1. The van der Waals surface area contributed by atoms with Gasteiger partial charge in [-0.05, 0) is 45.4 Å². The van der Waals surface area contributed by atoms with Crippen molar-refractivity contribution in [2.75, 3.05) is 26.2 Å². The lowest BCUT2D eigenvalue weighted by Crippen LogP contribution is -2.53. The van der Waals surface area contributed by atoms with Crippen molar-refractivity contribution in [1.29, 1.82) is 5.26 Å². The number of nitriles is 1. The van der Waals surface area contributed by atoms with Gasteiger partial charge in [0.15, 0.2) is 11.6 Å². The fourth-order valence-electron chi connectivity index (χ4n) is 4.15. The van der Waals surface area contributed by atoms with Gasteiger partial charge in [0.25, 0.3) is 0 Å². The zero-order valence-electron chi connectivity index (χ0n) is 18.1. The van der Waals surface area contributed by atoms with E-state index in [1.165, 1.54) is 23.4 Å². The second-order valence-electron chi connectivity index (χ2n) is 7.77. The van der Waals surface area contributed by atoms with Gasteiger partial charge in [0.2, 0.25) is 10.0 Å². The number of hydrogen-bond acceptors (Lipinski definition) is 6. The molecule has 1 atom stereocenters. The zero-order valence-corrected chi connectivity index (χ0v) is 18.9. The summed E-state index contributed by atoms with van der Waals surface area (Å²) in [5.74, 6) is -0.214. The number of H-pyrrole nitrogens is 1. The topological polar surface area (TPSA) is 114 Å². The Labute approximate surface area is 182 Å². The summed E-state index contributed by atoms with van der Waals surface area (Å²) < 4.78 is 27.4. The van der Waals surface area contributed by atoms with E-state index in [2.05, 4.69) is 4.98 Å². The van der Waals surface area contributed by atoms with E-state index in [0.29, 0.717) is 35.6 Å². The van der Waals surface area contributed by atoms with Crippen molar-refractivity contribution >= 4 is 21.6 Å². The summed E-state index contributed by atoms with van der Waals surface area (Å²) in [4.78, 5) is 29.9. The van der Waals surface area contributed by atoms with E-state index in [9.17, 15) is 23.3 Å². The van der Waals surface area contributed by atoms with Crippen LogP contribution in [-0.4, -0.2) is 66.4 Å². The molecule has 1 fully saturated rings. The first-order valence-electron chi connectivity index (χ1n) is 10.1. The van der Waals surface area contributed by atoms with E-state index in [-0.39, 0.29) is 35.1 Å². The monoisotopic (exact) mass is 442 g/mol. The van der Waals surface area contributed by atoms with Crippen molar-refractivity contribution in [3.63, 3.8) is 0 Å². The van der Waals surface area contributed by atoms with E-state index >= 15 is 0 Å². The van der Waals surface area contributed by atoms with Crippen molar-refractivity contribution in [3.05, 3.63) is 52.3 Å². The first kappa shape index (κ1) is 22.9. The van der Waals surface area contributed by atoms with Crippen LogP contribution in [0.1, 0.15) is 51.5 Å². The summed E-state index contributed by atoms with van der Waals surface area (Å²) in [6.07, 6.45) is 0. The second kappa shape index (κ2) is 8.75. The molecule has 31 heavy (non-hydrogen) atoms. The minimum atomic E-state index is -3.79. The Morgan fingerprint density at radius 3 is 2.29 bits per heavy atom. The lowest BCUT2D eigenvalue weighted by molar-refractivity contribution is 0.0777. The highest BCUT2D eigenvalue weighted by Gasteiger charge is 2.34. The maximum atomic E-state index is 13.1. The highest BCUT2D eigenvalue weighted by Crippen LogP contribution is 2.24. The standard InChI is InChI=1S/C22H26N4O4S/c1-14-20(17(4)27)15(2)24-21(14)22(28)16(3)25-9-11-26(12-10-25)31(29,30)19-8-6-5-7-18(19)13-23/h5-8,16,24H,9-12H2,1-4H3. The van der Waals surface area contributed by atoms with Crippen molar-refractivity contribution in [3.8, 4) is 6.07 Å². The molecule has 1 aromatic heterocycles. The molecule has 9 heteroatoms. The fourth-order valence-corrected chi connectivity index (χ4v) is 5.72. The van der Waals surface area contributed by atoms with Gasteiger partial charge in [-0.3, -0.25) is 14.5 Å². The summed E-state index contributed by atoms with van der Waals surface area (Å²) in [5, 5.41) is 9.24. The summed E-state index contributed by atoms with van der Waals surface area (Å²) >= 11 is 0. The molecule has 1 aliphatic heterocycles. The maximum absolute atomic E-state index is 13.1. The second-order valence-corrected chi connectivity index (χ2v) is 9.68. The number of nitrogens with one attached hydrogen (secondary N) is 1. The Morgan fingerprint density at radius 1 is 1.13 bits per heavy atom. The van der Waals surface area contributed by atoms with Crippen LogP contribution in [0.25, 0.3) is 0 Å². The fraction of sp³-hybridized carbons (Fsp3) is 0.409. The first-order chi connectivity index (χ1) is 14.6. The van der Waals surface area contributed by atoms with Crippen LogP contribution in [0, 0.1) is 25.2 Å². The molecule has 1 unspecified atom stereocenters. The van der Waals surface area contributed by atoms with Gasteiger partial charge < -0.3 is 4.98 Å². The molecule has 1 aromatic carbocycles. The minimum absolute atomic E-state index is 0.00400. The van der Waals surface area contributed by atoms with Crippen molar-refractivity contribution < 1.29 is 18.0 Å². The average Bonchev–Trinajstić information content (AvgIpc) is 3.06. The van der Waals surface area contributed by atoms with Crippen LogP contribution in [0.15, 0.2) is 29.2 Å². The Bertz CT molecular complexity index is 1170. The smallest absolute Gasteiger partial charge is 0.244 e. The lowest BCUT2D eigenvalue weighted by Gasteiger charge is -2.36. The molecule has 1 saturated heterocycles. The zero-order chi connectivity index (χ0) is 22.9. The Morgan fingerprint density at radius 2 is 1.74 bits per heavy atom. The van der Waals surface area contributed by atoms with Crippen LogP contribution in [0.3, 0.4) is 0 Å². The van der Waals surface area contributed by atoms with Crippen LogP contribution >= 0.6 is 0 Å². The van der Waals surface area contributed by atoms with Gasteiger partial charge in [-0.25, -0.2) is 8.42 Å². The largest absolute Gasteiger partial charge is 0.355 e. The van der Waals surface area contributed by atoms with Crippen LogP contribution in [0.5, 0.6) is 0 Å². The SMILES string of the molecule is CC(=O)c1c(C)[nH]c(C(=O)C(C)N2CCN(S(=O)(=O)c3ccccc3C#N)CC2)c1C. The molecule has 1 aliphatic rings. The number of nitrogens with zero attached hydrogens (tertiary/aromatic N) is 3. The summed E-state index contributed by atoms with van der Waals surface area (Å²) in [6, 6.07) is 7.62. The van der Waals surface area contributed by atoms with Gasteiger partial charge in [-0.1, -0.05) is 12.1 Å². The molecule has 2 heterocycles. The summed E-state index contributed by atoms with van der Waals surface area (Å²) in [7, 11) is -3.79. The number of aryl methyl sites for hydroxylation is 1. The Balaban J connectivity index is 1.74. The van der Waals surface area contributed by atoms with Gasteiger partial charge in [-0.15, -0.1) is 0 Å². The van der Waals surface area contributed by atoms with E-state index in [4.69, 9.17) is 0 Å². The molecular weight excluding hydrogens is 416 g/mol. The number of carbonyl (C=O) groups excluding carboxylic acids is 2. The van der Waals surface area contributed by atoms with Gasteiger partial charge in [0.05, 0.1) is 22.2 Å². The number of piperazine rings is 1. The number of benzene rings is 1. The van der Waals surface area contributed by atoms with Crippen molar-refractivity contribution in [1.82, 2.24) is 14.2 Å². The normalized spacial score (nSPS) is 16.6. The molecule has 3 rings (SSSR count). The van der Waals surface area contributed by atoms with Crippen LogP contribution < -0.4 is 0 Å². The molecule has 8 nitrogen and oxygen atoms in total. The number of Topliss-reactive ketones (excluding diaryl/α,β-unsaturated/α-hetero) is 2. The Kier molecular flexibility index (Phi) is 6.46. The molecule has 0 bridgehead atoms. The van der Waals surface area contributed by atoms with Crippen molar-refractivity contribution in [2.24, 2.45) is 0 Å². The van der Waals surface area contributed by atoms with E-state index in [1.54, 1.807) is 32.9 Å². The van der Waals surface area contributed by atoms with Gasteiger partial charge in [0.1, 0.15) is 6.07 Å². The highest BCUT2D eigenvalue weighted by molar-refractivity contribution is 7.89. The number of rotatable bonds is 6. The van der Waals surface area contributed by atoms with Crippen molar-refractivity contribution in [2.45, 2.75) is 38.6 Å². The molecule has 0 radical (unpaired) electrons. The maximum Gasteiger partial charge on any atom is 0.244 e. The highest BCUT2D eigenvalue weighted by atomic mass is 32.2. The molecule has 0 amide bonds.